The van der Waals surface area contributed by atoms with Gasteiger partial charge < -0.3 is 20.9 Å². The number of carbonyl (C=O) groups excluding carboxylic acids is 3. The van der Waals surface area contributed by atoms with Crippen molar-refractivity contribution in [3.8, 4) is 0 Å². The van der Waals surface area contributed by atoms with Gasteiger partial charge in [-0.2, -0.15) is 0 Å². The summed E-state index contributed by atoms with van der Waals surface area (Å²) in [5.74, 6) is -1.74. The Hall–Kier alpha value is -1.63. The van der Waals surface area contributed by atoms with Gasteiger partial charge in [0, 0.05) is 34.2 Å². The van der Waals surface area contributed by atoms with Gasteiger partial charge in [0.1, 0.15) is 0 Å². The van der Waals surface area contributed by atoms with Crippen molar-refractivity contribution in [3.05, 3.63) is 0 Å². The van der Waals surface area contributed by atoms with Gasteiger partial charge in [0.25, 0.3) is 0 Å². The molecule has 0 bridgehead atoms. The van der Waals surface area contributed by atoms with Crippen LogP contribution in [0.15, 0.2) is 0 Å². The van der Waals surface area contributed by atoms with Gasteiger partial charge in [-0.15, -0.1) is 0 Å². The van der Waals surface area contributed by atoms with Crippen LogP contribution < -0.4 is 11.1 Å². The standard InChI is InChI=1S/C9H18N4O3/c1-12(2)7(14)6-13(3)9(16)8(15)11-5-4-10/h4-6,10H2,1-3H3,(H,11,15). The van der Waals surface area contributed by atoms with Crippen LogP contribution in [0.3, 0.4) is 0 Å². The van der Waals surface area contributed by atoms with Crippen LogP contribution in [-0.4, -0.2) is 68.3 Å². The highest BCUT2D eigenvalue weighted by atomic mass is 16.2. The number of hydrogen-bond donors (Lipinski definition) is 2. The minimum Gasteiger partial charge on any atom is -0.347 e. The summed E-state index contributed by atoms with van der Waals surface area (Å²) < 4.78 is 0. The number of likely N-dealkylation sites (N-methyl/N-ethyl adjacent to an activating group) is 2. The topological polar surface area (TPSA) is 95.7 Å². The van der Waals surface area contributed by atoms with Gasteiger partial charge in [0.05, 0.1) is 6.54 Å². The van der Waals surface area contributed by atoms with Crippen LogP contribution >= 0.6 is 0 Å². The lowest BCUT2D eigenvalue weighted by atomic mass is 10.4. The SMILES string of the molecule is CN(C)C(=O)CN(C)C(=O)C(=O)NCCN. The second kappa shape index (κ2) is 6.78. The van der Waals surface area contributed by atoms with Crippen LogP contribution in [0.2, 0.25) is 0 Å². The molecule has 3 N–H and O–H groups in total. The highest BCUT2D eigenvalue weighted by Crippen LogP contribution is 1.88. The lowest BCUT2D eigenvalue weighted by Crippen LogP contribution is -2.45. The molecule has 0 aromatic heterocycles. The molecule has 0 atom stereocenters. The predicted octanol–water partition coefficient (Wildman–Crippen LogP) is -2.39. The molecule has 0 saturated carbocycles. The summed E-state index contributed by atoms with van der Waals surface area (Å²) in [6.45, 7) is 0.376. The summed E-state index contributed by atoms with van der Waals surface area (Å²) in [5.41, 5.74) is 5.17. The quantitative estimate of drug-likeness (QED) is 0.527. The highest BCUT2D eigenvalue weighted by Gasteiger charge is 2.20. The van der Waals surface area contributed by atoms with E-state index >= 15 is 0 Å². The van der Waals surface area contributed by atoms with Crippen molar-refractivity contribution in [1.29, 1.82) is 0 Å². The van der Waals surface area contributed by atoms with Crippen LogP contribution in [0.5, 0.6) is 0 Å². The molecule has 0 rings (SSSR count). The molecule has 16 heavy (non-hydrogen) atoms. The Labute approximate surface area is 94.6 Å². The van der Waals surface area contributed by atoms with Crippen molar-refractivity contribution in [2.75, 3.05) is 40.8 Å². The van der Waals surface area contributed by atoms with Crippen LogP contribution in [0, 0.1) is 0 Å². The van der Waals surface area contributed by atoms with Crippen molar-refractivity contribution in [2.45, 2.75) is 0 Å². The van der Waals surface area contributed by atoms with E-state index in [0.29, 0.717) is 0 Å². The smallest absolute Gasteiger partial charge is 0.312 e. The van der Waals surface area contributed by atoms with Crippen molar-refractivity contribution in [1.82, 2.24) is 15.1 Å². The first kappa shape index (κ1) is 14.4. The molecule has 7 heteroatoms. The maximum absolute atomic E-state index is 11.4. The van der Waals surface area contributed by atoms with Crippen LogP contribution in [0.25, 0.3) is 0 Å². The van der Waals surface area contributed by atoms with Gasteiger partial charge in [0.2, 0.25) is 5.91 Å². The number of rotatable bonds is 4. The first-order valence-electron chi connectivity index (χ1n) is 4.83. The largest absolute Gasteiger partial charge is 0.347 e. The molecule has 0 aliphatic rings. The molecule has 0 unspecified atom stereocenters. The number of nitrogens with one attached hydrogen (secondary N) is 1. The Bertz CT molecular complexity index is 278. The third kappa shape index (κ3) is 4.74. The molecule has 0 spiro atoms. The highest BCUT2D eigenvalue weighted by molar-refractivity contribution is 6.35. The van der Waals surface area contributed by atoms with E-state index in [9.17, 15) is 14.4 Å². The summed E-state index contributed by atoms with van der Waals surface area (Å²) >= 11 is 0. The van der Waals surface area contributed by atoms with Crippen LogP contribution in [0.4, 0.5) is 0 Å². The molecule has 0 aromatic rings. The minimum atomic E-state index is -0.750. The number of nitrogens with zero attached hydrogens (tertiary/aromatic N) is 2. The van der Waals surface area contributed by atoms with E-state index in [0.717, 1.165) is 4.90 Å². The first-order valence-corrected chi connectivity index (χ1v) is 4.83. The predicted molar refractivity (Wildman–Crippen MR) is 58.4 cm³/mol. The lowest BCUT2D eigenvalue weighted by molar-refractivity contribution is -0.147. The van der Waals surface area contributed by atoms with Crippen molar-refractivity contribution < 1.29 is 14.4 Å². The molecule has 0 saturated heterocycles. The zero-order valence-electron chi connectivity index (χ0n) is 9.82. The fourth-order valence-electron chi connectivity index (χ4n) is 0.851. The van der Waals surface area contributed by atoms with Crippen LogP contribution in [-0.2, 0) is 14.4 Å². The molecule has 0 fully saturated rings. The molecule has 0 radical (unpaired) electrons. The van der Waals surface area contributed by atoms with Gasteiger partial charge in [-0.05, 0) is 0 Å². The van der Waals surface area contributed by atoms with Gasteiger partial charge in [-0.25, -0.2) is 0 Å². The Morgan fingerprint density at radius 2 is 1.75 bits per heavy atom. The molecule has 7 nitrogen and oxygen atoms in total. The van der Waals surface area contributed by atoms with Gasteiger partial charge in [-0.3, -0.25) is 14.4 Å². The minimum absolute atomic E-state index is 0.123. The molecule has 3 amide bonds. The second-order valence-corrected chi connectivity index (χ2v) is 3.49. The normalized spacial score (nSPS) is 9.50. The van der Waals surface area contributed by atoms with E-state index in [-0.39, 0.29) is 25.5 Å². The maximum atomic E-state index is 11.4. The van der Waals surface area contributed by atoms with Crippen molar-refractivity contribution in [3.63, 3.8) is 0 Å². The van der Waals surface area contributed by atoms with E-state index in [1.807, 2.05) is 0 Å². The Kier molecular flexibility index (Phi) is 6.09. The summed E-state index contributed by atoms with van der Waals surface area (Å²) in [6.07, 6.45) is 0. The molecule has 92 valence electrons. The number of nitrogens with two attached hydrogens (primary N) is 1. The van der Waals surface area contributed by atoms with Gasteiger partial charge >= 0.3 is 11.8 Å². The molecule has 0 aliphatic carbocycles. The number of hydrogen-bond acceptors (Lipinski definition) is 4. The Balaban J connectivity index is 4.17. The average molecular weight is 230 g/mol. The van der Waals surface area contributed by atoms with E-state index in [1.54, 1.807) is 14.1 Å². The second-order valence-electron chi connectivity index (χ2n) is 3.49. The zero-order valence-corrected chi connectivity index (χ0v) is 9.82. The lowest BCUT2D eigenvalue weighted by Gasteiger charge is -2.18. The molecule has 0 aromatic carbocycles. The molecule has 0 heterocycles. The van der Waals surface area contributed by atoms with Gasteiger partial charge in [-0.1, -0.05) is 0 Å². The van der Waals surface area contributed by atoms with E-state index < -0.39 is 11.8 Å². The summed E-state index contributed by atoms with van der Waals surface area (Å²) in [6, 6.07) is 0. The first-order chi connectivity index (χ1) is 7.40. The number of amides is 3. The molecular formula is C9H18N4O3. The molecule has 0 aliphatic heterocycles. The third-order valence-corrected chi connectivity index (χ3v) is 1.84. The van der Waals surface area contributed by atoms with Crippen molar-refractivity contribution >= 4 is 17.7 Å². The average Bonchev–Trinajstić information content (AvgIpc) is 2.24. The van der Waals surface area contributed by atoms with Crippen molar-refractivity contribution in [2.24, 2.45) is 5.73 Å². The summed E-state index contributed by atoms with van der Waals surface area (Å²) in [4.78, 5) is 36.3. The summed E-state index contributed by atoms with van der Waals surface area (Å²) in [5, 5.41) is 2.34. The maximum Gasteiger partial charge on any atom is 0.312 e. The fraction of sp³-hybridized carbons (Fsp3) is 0.667. The number of carbonyl (C=O) groups is 3. The zero-order chi connectivity index (χ0) is 12.7. The Morgan fingerprint density at radius 1 is 1.19 bits per heavy atom. The summed E-state index contributed by atoms with van der Waals surface area (Å²) in [7, 11) is 4.55. The Morgan fingerprint density at radius 3 is 2.19 bits per heavy atom. The van der Waals surface area contributed by atoms with E-state index in [2.05, 4.69) is 5.32 Å². The third-order valence-electron chi connectivity index (χ3n) is 1.84. The molecular weight excluding hydrogens is 212 g/mol. The van der Waals surface area contributed by atoms with Gasteiger partial charge in [0.15, 0.2) is 0 Å². The van der Waals surface area contributed by atoms with E-state index in [4.69, 9.17) is 5.73 Å². The van der Waals surface area contributed by atoms with E-state index in [1.165, 1.54) is 11.9 Å². The monoisotopic (exact) mass is 230 g/mol. The van der Waals surface area contributed by atoms with Crippen LogP contribution in [0.1, 0.15) is 0 Å². The fourth-order valence-corrected chi connectivity index (χ4v) is 0.851.